The Morgan fingerprint density at radius 1 is 1.24 bits per heavy atom. The van der Waals surface area contributed by atoms with E-state index < -0.39 is 0 Å². The summed E-state index contributed by atoms with van der Waals surface area (Å²) in [6.45, 7) is 2.18. The third-order valence-corrected chi connectivity index (χ3v) is 3.75. The van der Waals surface area contributed by atoms with E-state index >= 15 is 0 Å². The van der Waals surface area contributed by atoms with Crippen LogP contribution in [0.15, 0.2) is 43.0 Å². The Hall–Kier alpha value is -2.37. The first kappa shape index (κ1) is 13.6. The molecule has 0 saturated carbocycles. The number of para-hydroxylation sites is 1. The predicted octanol–water partition coefficient (Wildman–Crippen LogP) is 1.06. The Bertz CT molecular complexity index is 561. The number of nitrogens with zero attached hydrogens (tertiary/aromatic N) is 4. The van der Waals surface area contributed by atoms with Crippen LogP contribution in [0.1, 0.15) is 12.8 Å². The van der Waals surface area contributed by atoms with Crippen LogP contribution < -0.4 is 10.2 Å². The molecule has 1 fully saturated rings. The van der Waals surface area contributed by atoms with Crippen molar-refractivity contribution in [1.82, 2.24) is 20.1 Å². The van der Waals surface area contributed by atoms with Gasteiger partial charge in [-0.1, -0.05) is 18.2 Å². The minimum absolute atomic E-state index is 0.00124. The van der Waals surface area contributed by atoms with Crippen molar-refractivity contribution in [1.29, 1.82) is 0 Å². The molecular formula is C15H19N5O. The standard InChI is InChI=1S/C15H19N5O/c21-15(10-20-12-16-11-17-20)18-13-6-8-19(9-7-13)14-4-2-1-3-5-14/h1-5,11-13H,6-10H2,(H,18,21). The molecule has 6 heteroatoms. The molecule has 0 atom stereocenters. The second-order valence-electron chi connectivity index (χ2n) is 5.26. The summed E-state index contributed by atoms with van der Waals surface area (Å²) in [6.07, 6.45) is 4.93. The molecule has 2 heterocycles. The number of rotatable bonds is 4. The summed E-state index contributed by atoms with van der Waals surface area (Å²) in [4.78, 5) is 18.1. The molecule has 1 aliphatic heterocycles. The first-order valence-corrected chi connectivity index (χ1v) is 7.23. The predicted molar refractivity (Wildman–Crippen MR) is 79.8 cm³/mol. The van der Waals surface area contributed by atoms with Gasteiger partial charge in [-0.15, -0.1) is 0 Å². The zero-order valence-electron chi connectivity index (χ0n) is 11.9. The van der Waals surface area contributed by atoms with Crippen LogP contribution in [0.5, 0.6) is 0 Å². The third kappa shape index (κ3) is 3.59. The van der Waals surface area contributed by atoms with Crippen LogP contribution in [-0.2, 0) is 11.3 Å². The number of aromatic nitrogens is 3. The van der Waals surface area contributed by atoms with Gasteiger partial charge in [-0.25, -0.2) is 9.67 Å². The molecule has 0 aliphatic carbocycles. The molecule has 6 nitrogen and oxygen atoms in total. The number of hydrogen-bond donors (Lipinski definition) is 1. The summed E-state index contributed by atoms with van der Waals surface area (Å²) in [7, 11) is 0. The fourth-order valence-corrected chi connectivity index (χ4v) is 2.66. The quantitative estimate of drug-likeness (QED) is 0.912. The van der Waals surface area contributed by atoms with Crippen molar-refractivity contribution in [3.05, 3.63) is 43.0 Å². The Kier molecular flexibility index (Phi) is 4.14. The molecule has 110 valence electrons. The van der Waals surface area contributed by atoms with E-state index in [1.807, 2.05) is 6.07 Å². The molecule has 2 aromatic rings. The average molecular weight is 285 g/mol. The monoisotopic (exact) mass is 285 g/mol. The average Bonchev–Trinajstić information content (AvgIpc) is 3.02. The van der Waals surface area contributed by atoms with Crippen LogP contribution in [0.2, 0.25) is 0 Å². The molecule has 1 N–H and O–H groups in total. The smallest absolute Gasteiger partial charge is 0.242 e. The van der Waals surface area contributed by atoms with Gasteiger partial charge in [0.2, 0.25) is 5.91 Å². The van der Waals surface area contributed by atoms with Crippen LogP contribution in [0.4, 0.5) is 5.69 Å². The molecule has 1 aromatic carbocycles. The van der Waals surface area contributed by atoms with Gasteiger partial charge in [-0.05, 0) is 25.0 Å². The molecule has 21 heavy (non-hydrogen) atoms. The molecule has 3 rings (SSSR count). The van der Waals surface area contributed by atoms with Crippen molar-refractivity contribution in [3.63, 3.8) is 0 Å². The lowest BCUT2D eigenvalue weighted by Crippen LogP contribution is -2.45. The highest BCUT2D eigenvalue weighted by Crippen LogP contribution is 2.19. The number of carbonyl (C=O) groups is 1. The van der Waals surface area contributed by atoms with Gasteiger partial charge >= 0.3 is 0 Å². The maximum atomic E-state index is 11.9. The number of nitrogens with one attached hydrogen (secondary N) is 1. The summed E-state index contributed by atoms with van der Waals surface area (Å²) < 4.78 is 1.54. The Balaban J connectivity index is 1.46. The van der Waals surface area contributed by atoms with Crippen molar-refractivity contribution in [3.8, 4) is 0 Å². The van der Waals surface area contributed by atoms with Gasteiger partial charge in [0.05, 0.1) is 0 Å². The van der Waals surface area contributed by atoms with Crippen LogP contribution in [-0.4, -0.2) is 39.8 Å². The highest BCUT2D eigenvalue weighted by molar-refractivity contribution is 5.75. The first-order valence-electron chi connectivity index (χ1n) is 7.23. The Morgan fingerprint density at radius 2 is 2.00 bits per heavy atom. The van der Waals surface area contributed by atoms with Crippen molar-refractivity contribution in [2.75, 3.05) is 18.0 Å². The maximum absolute atomic E-state index is 11.9. The molecule has 1 saturated heterocycles. The van der Waals surface area contributed by atoms with Gasteiger partial charge in [0.25, 0.3) is 0 Å². The lowest BCUT2D eigenvalue weighted by molar-refractivity contribution is -0.122. The molecule has 1 aliphatic rings. The molecular weight excluding hydrogens is 266 g/mol. The normalized spacial score (nSPS) is 15.9. The van der Waals surface area contributed by atoms with E-state index in [0.717, 1.165) is 25.9 Å². The van der Waals surface area contributed by atoms with E-state index in [0.29, 0.717) is 0 Å². The summed E-state index contributed by atoms with van der Waals surface area (Å²) in [6, 6.07) is 10.7. The van der Waals surface area contributed by atoms with Crippen molar-refractivity contribution in [2.24, 2.45) is 0 Å². The first-order chi connectivity index (χ1) is 10.3. The van der Waals surface area contributed by atoms with E-state index in [4.69, 9.17) is 0 Å². The topological polar surface area (TPSA) is 63.1 Å². The number of anilines is 1. The van der Waals surface area contributed by atoms with E-state index in [2.05, 4.69) is 44.6 Å². The third-order valence-electron chi connectivity index (χ3n) is 3.75. The van der Waals surface area contributed by atoms with Crippen molar-refractivity contribution >= 4 is 11.6 Å². The number of piperidine rings is 1. The fraction of sp³-hybridized carbons (Fsp3) is 0.400. The lowest BCUT2D eigenvalue weighted by Gasteiger charge is -2.34. The Labute approximate surface area is 123 Å². The summed E-state index contributed by atoms with van der Waals surface area (Å²) in [5, 5.41) is 7.01. The van der Waals surface area contributed by atoms with E-state index in [9.17, 15) is 4.79 Å². The zero-order chi connectivity index (χ0) is 14.5. The SMILES string of the molecule is O=C(Cn1cncn1)NC1CCN(c2ccccc2)CC1. The summed E-state index contributed by atoms with van der Waals surface area (Å²) in [5.74, 6) is -0.00124. The summed E-state index contributed by atoms with van der Waals surface area (Å²) in [5.41, 5.74) is 1.25. The zero-order valence-corrected chi connectivity index (χ0v) is 11.9. The minimum Gasteiger partial charge on any atom is -0.371 e. The van der Waals surface area contributed by atoms with E-state index in [1.54, 1.807) is 6.33 Å². The number of hydrogen-bond acceptors (Lipinski definition) is 4. The molecule has 1 aromatic heterocycles. The number of benzene rings is 1. The highest BCUT2D eigenvalue weighted by Gasteiger charge is 2.20. The van der Waals surface area contributed by atoms with Crippen LogP contribution >= 0.6 is 0 Å². The molecule has 1 amide bonds. The molecule has 0 spiro atoms. The Morgan fingerprint density at radius 3 is 2.67 bits per heavy atom. The molecule has 0 bridgehead atoms. The lowest BCUT2D eigenvalue weighted by atomic mass is 10.0. The van der Waals surface area contributed by atoms with Crippen molar-refractivity contribution < 1.29 is 4.79 Å². The number of amides is 1. The molecule has 0 radical (unpaired) electrons. The highest BCUT2D eigenvalue weighted by atomic mass is 16.2. The van der Waals surface area contributed by atoms with Gasteiger partial charge in [0.1, 0.15) is 19.2 Å². The van der Waals surface area contributed by atoms with Gasteiger partial charge in [-0.3, -0.25) is 4.79 Å². The van der Waals surface area contributed by atoms with Crippen LogP contribution in [0.3, 0.4) is 0 Å². The summed E-state index contributed by atoms with van der Waals surface area (Å²) >= 11 is 0. The van der Waals surface area contributed by atoms with Crippen LogP contribution in [0, 0.1) is 0 Å². The van der Waals surface area contributed by atoms with Crippen molar-refractivity contribution in [2.45, 2.75) is 25.4 Å². The second kappa shape index (κ2) is 6.39. The second-order valence-corrected chi connectivity index (χ2v) is 5.26. The number of carbonyl (C=O) groups excluding carboxylic acids is 1. The van der Waals surface area contributed by atoms with Gasteiger partial charge in [0.15, 0.2) is 0 Å². The largest absolute Gasteiger partial charge is 0.371 e. The van der Waals surface area contributed by atoms with Gasteiger partial charge < -0.3 is 10.2 Å². The van der Waals surface area contributed by atoms with Gasteiger partial charge in [0, 0.05) is 24.8 Å². The molecule has 0 unspecified atom stereocenters. The fourth-order valence-electron chi connectivity index (χ4n) is 2.66. The van der Waals surface area contributed by atoms with Crippen LogP contribution in [0.25, 0.3) is 0 Å². The van der Waals surface area contributed by atoms with E-state index in [-0.39, 0.29) is 18.5 Å². The minimum atomic E-state index is -0.00124. The van der Waals surface area contributed by atoms with E-state index in [1.165, 1.54) is 16.7 Å². The van der Waals surface area contributed by atoms with Gasteiger partial charge in [-0.2, -0.15) is 5.10 Å². The maximum Gasteiger partial charge on any atom is 0.242 e.